The molecule has 21 heavy (non-hydrogen) atoms. The van der Waals surface area contributed by atoms with Gasteiger partial charge in [0, 0.05) is 9.61 Å². The van der Waals surface area contributed by atoms with Crippen LogP contribution >= 0.6 is 22.6 Å². The van der Waals surface area contributed by atoms with Crippen LogP contribution in [0.5, 0.6) is 5.75 Å². The van der Waals surface area contributed by atoms with Crippen molar-refractivity contribution in [3.8, 4) is 17.1 Å². The van der Waals surface area contributed by atoms with Crippen LogP contribution in [-0.4, -0.2) is 14.7 Å². The van der Waals surface area contributed by atoms with E-state index in [2.05, 4.69) is 27.6 Å². The van der Waals surface area contributed by atoms with E-state index in [4.69, 9.17) is 0 Å². The number of imidazole rings is 1. The highest BCUT2D eigenvalue weighted by molar-refractivity contribution is 14.1. The molecular formula is C16H14FIN2O. The fourth-order valence-electron chi connectivity index (χ4n) is 2.47. The molecule has 0 aliphatic carbocycles. The second-order valence-corrected chi connectivity index (χ2v) is 6.44. The van der Waals surface area contributed by atoms with Crippen molar-refractivity contribution in [2.24, 2.45) is 0 Å². The molecule has 0 aliphatic rings. The molecule has 0 bridgehead atoms. The first kappa shape index (κ1) is 14.3. The van der Waals surface area contributed by atoms with Crippen LogP contribution in [0.3, 0.4) is 0 Å². The van der Waals surface area contributed by atoms with Crippen LogP contribution in [0.15, 0.2) is 36.4 Å². The van der Waals surface area contributed by atoms with Gasteiger partial charge in [0.2, 0.25) is 0 Å². The molecule has 0 saturated heterocycles. The summed E-state index contributed by atoms with van der Waals surface area (Å²) in [5.41, 5.74) is 2.11. The van der Waals surface area contributed by atoms with Crippen LogP contribution in [0.1, 0.15) is 19.9 Å². The van der Waals surface area contributed by atoms with E-state index in [0.717, 1.165) is 14.6 Å². The number of hydrogen-bond acceptors (Lipinski definition) is 2. The summed E-state index contributed by atoms with van der Waals surface area (Å²) < 4.78 is 16.5. The molecule has 3 aromatic rings. The number of aromatic nitrogens is 2. The first-order valence-corrected chi connectivity index (χ1v) is 7.71. The summed E-state index contributed by atoms with van der Waals surface area (Å²) >= 11 is 2.19. The molecule has 0 fully saturated rings. The van der Waals surface area contributed by atoms with Crippen LogP contribution in [0.25, 0.3) is 22.4 Å². The van der Waals surface area contributed by atoms with Gasteiger partial charge in [-0.1, -0.05) is 0 Å². The lowest BCUT2D eigenvalue weighted by molar-refractivity contribution is 0.476. The highest BCUT2D eigenvalue weighted by Gasteiger charge is 2.18. The van der Waals surface area contributed by atoms with Gasteiger partial charge in [0.15, 0.2) is 0 Å². The third-order valence-electron chi connectivity index (χ3n) is 3.37. The maximum absolute atomic E-state index is 13.5. The highest BCUT2D eigenvalue weighted by Crippen LogP contribution is 2.34. The average Bonchev–Trinajstić information content (AvgIpc) is 2.79. The standard InChI is InChI=1S/C16H14FIN2O/c1-9(2)20-14-7-10(17)3-5-13(14)19-16(20)12-8-11(18)4-6-15(12)21/h3-9,21H,1-2H3. The molecule has 2 aromatic carbocycles. The molecule has 1 N–H and O–H groups in total. The Morgan fingerprint density at radius 3 is 2.67 bits per heavy atom. The van der Waals surface area contributed by atoms with Crippen molar-refractivity contribution >= 4 is 33.6 Å². The van der Waals surface area contributed by atoms with E-state index in [1.54, 1.807) is 12.1 Å². The Hall–Kier alpha value is -1.63. The van der Waals surface area contributed by atoms with Gasteiger partial charge in [-0.15, -0.1) is 0 Å². The van der Waals surface area contributed by atoms with Gasteiger partial charge in [0.05, 0.1) is 16.6 Å². The van der Waals surface area contributed by atoms with Crippen LogP contribution in [-0.2, 0) is 0 Å². The molecule has 1 aromatic heterocycles. The topological polar surface area (TPSA) is 38.0 Å². The normalized spacial score (nSPS) is 11.5. The molecule has 0 atom stereocenters. The van der Waals surface area contributed by atoms with E-state index in [1.165, 1.54) is 12.1 Å². The molecule has 5 heteroatoms. The van der Waals surface area contributed by atoms with Crippen molar-refractivity contribution in [1.82, 2.24) is 9.55 Å². The number of halogens is 2. The highest BCUT2D eigenvalue weighted by atomic mass is 127. The number of nitrogens with zero attached hydrogens (tertiary/aromatic N) is 2. The Labute approximate surface area is 135 Å². The van der Waals surface area contributed by atoms with Crippen molar-refractivity contribution in [2.75, 3.05) is 0 Å². The number of phenolic OH excluding ortho intramolecular Hbond substituents is 1. The summed E-state index contributed by atoms with van der Waals surface area (Å²) in [7, 11) is 0. The second-order valence-electron chi connectivity index (χ2n) is 5.19. The molecule has 0 unspecified atom stereocenters. The van der Waals surface area contributed by atoms with Gasteiger partial charge in [-0.25, -0.2) is 9.37 Å². The maximum atomic E-state index is 13.5. The van der Waals surface area contributed by atoms with Gasteiger partial charge in [-0.2, -0.15) is 0 Å². The summed E-state index contributed by atoms with van der Waals surface area (Å²) in [6.45, 7) is 4.03. The molecular weight excluding hydrogens is 382 g/mol. The molecule has 108 valence electrons. The number of fused-ring (bicyclic) bond motifs is 1. The lowest BCUT2D eigenvalue weighted by atomic mass is 10.2. The van der Waals surface area contributed by atoms with E-state index >= 15 is 0 Å². The second kappa shape index (κ2) is 5.29. The van der Waals surface area contributed by atoms with Crippen molar-refractivity contribution in [3.05, 3.63) is 45.8 Å². The number of rotatable bonds is 2. The molecule has 0 saturated carbocycles. The fraction of sp³-hybridized carbons (Fsp3) is 0.188. The lowest BCUT2D eigenvalue weighted by Crippen LogP contribution is -2.03. The van der Waals surface area contributed by atoms with Gasteiger partial charge in [0.25, 0.3) is 0 Å². The van der Waals surface area contributed by atoms with Crippen molar-refractivity contribution in [2.45, 2.75) is 19.9 Å². The average molecular weight is 396 g/mol. The Bertz CT molecular complexity index is 827. The quantitative estimate of drug-likeness (QED) is 0.636. The zero-order valence-corrected chi connectivity index (χ0v) is 13.8. The number of aromatic hydroxyl groups is 1. The Morgan fingerprint density at radius 1 is 1.19 bits per heavy atom. The lowest BCUT2D eigenvalue weighted by Gasteiger charge is -2.14. The van der Waals surface area contributed by atoms with Crippen molar-refractivity contribution < 1.29 is 9.50 Å². The molecule has 3 rings (SSSR count). The van der Waals surface area contributed by atoms with E-state index < -0.39 is 0 Å². The summed E-state index contributed by atoms with van der Waals surface area (Å²) in [4.78, 5) is 4.58. The molecule has 0 amide bonds. The van der Waals surface area contributed by atoms with E-state index in [1.807, 2.05) is 30.5 Å². The van der Waals surface area contributed by atoms with E-state index in [9.17, 15) is 9.50 Å². The fourth-order valence-corrected chi connectivity index (χ4v) is 2.96. The van der Waals surface area contributed by atoms with Gasteiger partial charge in [-0.3, -0.25) is 0 Å². The van der Waals surface area contributed by atoms with Crippen LogP contribution < -0.4 is 0 Å². The van der Waals surface area contributed by atoms with Gasteiger partial charge in [-0.05, 0) is 72.8 Å². The van der Waals surface area contributed by atoms with Gasteiger partial charge in [0.1, 0.15) is 17.4 Å². The minimum absolute atomic E-state index is 0.101. The predicted molar refractivity (Wildman–Crippen MR) is 89.9 cm³/mol. The predicted octanol–water partition coefficient (Wildman–Crippen LogP) is 4.73. The molecule has 0 radical (unpaired) electrons. The Morgan fingerprint density at radius 2 is 1.95 bits per heavy atom. The first-order valence-electron chi connectivity index (χ1n) is 6.63. The monoisotopic (exact) mass is 396 g/mol. The zero-order valence-electron chi connectivity index (χ0n) is 11.6. The number of phenols is 1. The van der Waals surface area contributed by atoms with Crippen molar-refractivity contribution in [3.63, 3.8) is 0 Å². The summed E-state index contributed by atoms with van der Waals surface area (Å²) in [6.07, 6.45) is 0. The van der Waals surface area contributed by atoms with E-state index in [-0.39, 0.29) is 17.6 Å². The summed E-state index contributed by atoms with van der Waals surface area (Å²) in [5, 5.41) is 10.1. The van der Waals surface area contributed by atoms with Gasteiger partial charge < -0.3 is 9.67 Å². The van der Waals surface area contributed by atoms with Crippen LogP contribution in [0.2, 0.25) is 0 Å². The van der Waals surface area contributed by atoms with Crippen LogP contribution in [0.4, 0.5) is 4.39 Å². The van der Waals surface area contributed by atoms with Gasteiger partial charge >= 0.3 is 0 Å². The number of hydrogen-bond donors (Lipinski definition) is 1. The molecule has 0 spiro atoms. The Balaban J connectivity index is 2.36. The Kier molecular flexibility index (Phi) is 3.61. The zero-order chi connectivity index (χ0) is 15.1. The smallest absolute Gasteiger partial charge is 0.145 e. The summed E-state index contributed by atoms with van der Waals surface area (Å²) in [6, 6.07) is 10.0. The third-order valence-corrected chi connectivity index (χ3v) is 4.04. The minimum Gasteiger partial charge on any atom is -0.507 e. The molecule has 3 nitrogen and oxygen atoms in total. The largest absolute Gasteiger partial charge is 0.507 e. The minimum atomic E-state index is -0.289. The molecule has 0 aliphatic heterocycles. The maximum Gasteiger partial charge on any atom is 0.145 e. The van der Waals surface area contributed by atoms with Crippen molar-refractivity contribution in [1.29, 1.82) is 0 Å². The third kappa shape index (κ3) is 2.50. The first-order chi connectivity index (χ1) is 9.97. The summed E-state index contributed by atoms with van der Waals surface area (Å²) in [5.74, 6) is 0.539. The SMILES string of the molecule is CC(C)n1c(-c2cc(I)ccc2O)nc2ccc(F)cc21. The van der Waals surface area contributed by atoms with Crippen LogP contribution in [0, 0.1) is 9.39 Å². The molecule has 1 heterocycles. The number of benzene rings is 2. The van der Waals surface area contributed by atoms with E-state index in [0.29, 0.717) is 11.4 Å².